The Balaban J connectivity index is -0.000000137. The van der Waals surface area contributed by atoms with E-state index >= 15 is 0 Å². The van der Waals surface area contributed by atoms with E-state index in [1.54, 1.807) is 7.11 Å². The monoisotopic (exact) mass is 374 g/mol. The predicted molar refractivity (Wildman–Crippen MR) is 84.6 cm³/mol. The van der Waals surface area contributed by atoms with Gasteiger partial charge in [-0.1, -0.05) is 7.43 Å². The van der Waals surface area contributed by atoms with Crippen molar-refractivity contribution < 1.29 is 35.0 Å². The maximum atomic E-state index is 11.7. The zero-order valence-electron chi connectivity index (χ0n) is 13.1. The van der Waals surface area contributed by atoms with Crippen molar-refractivity contribution in [2.75, 3.05) is 14.2 Å². The van der Waals surface area contributed by atoms with Crippen LogP contribution in [0.3, 0.4) is 0 Å². The first-order valence-electron chi connectivity index (χ1n) is 5.53. The van der Waals surface area contributed by atoms with Crippen LogP contribution >= 0.6 is 0 Å². The molecule has 1 N–H and O–H groups in total. The summed E-state index contributed by atoms with van der Waals surface area (Å²) < 4.78 is 64.8. The molecule has 0 aliphatic rings. The third-order valence-corrected chi connectivity index (χ3v) is 5.92. The Labute approximate surface area is 128 Å². The van der Waals surface area contributed by atoms with Gasteiger partial charge in [0.05, 0.1) is 0 Å². The second-order valence-electron chi connectivity index (χ2n) is 5.41. The number of hydrogen-bond acceptors (Lipinski definition) is 5. The van der Waals surface area contributed by atoms with Gasteiger partial charge >= 0.3 is 15.6 Å². The second-order valence-corrected chi connectivity index (χ2v) is 16.3. The summed E-state index contributed by atoms with van der Waals surface area (Å²) in [4.78, 5) is 0. The topological polar surface area (TPSA) is 72.8 Å². The van der Waals surface area contributed by atoms with Crippen LogP contribution in [0, 0.1) is 0 Å². The largest absolute Gasteiger partial charge is 0.522 e. The number of halogens is 3. The van der Waals surface area contributed by atoms with Crippen LogP contribution in [-0.2, 0) is 18.4 Å². The van der Waals surface area contributed by atoms with Gasteiger partial charge in [-0.2, -0.15) is 21.6 Å². The normalized spacial score (nSPS) is 12.2. The highest BCUT2D eigenvalue weighted by atomic mass is 32.2. The molecule has 0 aromatic rings. The van der Waals surface area contributed by atoms with Gasteiger partial charge in [0.1, 0.15) is 0 Å². The second kappa shape index (κ2) is 10.7. The maximum Gasteiger partial charge on any atom is 0.522 e. The Morgan fingerprint density at radius 3 is 1.19 bits per heavy atom. The smallest absolute Gasteiger partial charge is 0.421 e. The molecule has 0 aromatic carbocycles. The lowest BCUT2D eigenvalue weighted by atomic mass is 11.6. The molecule has 0 unspecified atom stereocenters. The minimum atomic E-state index is -5.39. The van der Waals surface area contributed by atoms with Crippen molar-refractivity contribution in [3.8, 4) is 0 Å². The fraction of sp³-hybridized carbons (Fsp3) is 1.00. The van der Waals surface area contributed by atoms with Gasteiger partial charge in [-0.3, -0.25) is 0 Å². The van der Waals surface area contributed by atoms with Crippen LogP contribution in [0.5, 0.6) is 0 Å². The number of hydrogen-bond donors (Lipinski definition) is 1. The molecule has 0 saturated carbocycles. The van der Waals surface area contributed by atoms with Crippen molar-refractivity contribution >= 4 is 26.8 Å². The summed E-state index contributed by atoms with van der Waals surface area (Å²) in [6, 6.07) is 0. The Hall–Kier alpha value is 0.0538. The van der Waals surface area contributed by atoms with E-state index in [9.17, 15) is 21.6 Å². The van der Waals surface area contributed by atoms with E-state index in [0.29, 0.717) is 0 Å². The van der Waals surface area contributed by atoms with Crippen molar-refractivity contribution in [3.05, 3.63) is 0 Å². The molecule has 0 radical (unpaired) electrons. The molecular formula is C10H29F3O5SSi2. The van der Waals surface area contributed by atoms with E-state index in [1.165, 1.54) is 19.6 Å². The van der Waals surface area contributed by atoms with Crippen LogP contribution in [0.2, 0.25) is 39.3 Å². The molecule has 0 spiro atoms. The maximum absolute atomic E-state index is 11.7. The fourth-order valence-electron chi connectivity index (χ4n) is 0.376. The zero-order valence-corrected chi connectivity index (χ0v) is 15.9. The molecule has 5 nitrogen and oxygen atoms in total. The number of aliphatic hydroxyl groups is 1. The lowest BCUT2D eigenvalue weighted by Gasteiger charge is -2.17. The van der Waals surface area contributed by atoms with E-state index in [2.05, 4.69) is 23.5 Å². The van der Waals surface area contributed by atoms with Crippen molar-refractivity contribution in [2.24, 2.45) is 0 Å². The summed E-state index contributed by atoms with van der Waals surface area (Å²) in [5, 5.41) is 7.00. The van der Waals surface area contributed by atoms with Gasteiger partial charge in [-0.05, 0) is 39.3 Å². The summed E-state index contributed by atoms with van der Waals surface area (Å²) in [5.41, 5.74) is -5.31. The van der Waals surface area contributed by atoms with Crippen LogP contribution in [0.4, 0.5) is 13.2 Å². The predicted octanol–water partition coefficient (Wildman–Crippen LogP) is 3.40. The molecule has 0 aromatic heterocycles. The van der Waals surface area contributed by atoms with Crippen LogP contribution in [-0.4, -0.2) is 49.9 Å². The highest BCUT2D eigenvalue weighted by Crippen LogP contribution is 2.27. The first kappa shape index (κ1) is 29.1. The molecule has 134 valence electrons. The van der Waals surface area contributed by atoms with Crippen LogP contribution in [0.15, 0.2) is 0 Å². The van der Waals surface area contributed by atoms with Crippen LogP contribution in [0.25, 0.3) is 0 Å². The highest BCUT2D eigenvalue weighted by molar-refractivity contribution is 7.88. The van der Waals surface area contributed by atoms with Crippen molar-refractivity contribution in [1.82, 2.24) is 0 Å². The van der Waals surface area contributed by atoms with E-state index < -0.39 is 32.3 Å². The summed E-state index contributed by atoms with van der Waals surface area (Å²) in [7, 11) is -6.47. The van der Waals surface area contributed by atoms with Gasteiger partial charge in [-0.25, -0.2) is 0 Å². The average Bonchev–Trinajstić information content (AvgIpc) is 2.15. The molecule has 0 bridgehead atoms. The standard InChI is InChI=1S/C4H9F3O3SSi.C4H12OSi.CH4O.CH4/c1-12(2,3)10-11(8,9)4(5,6)7;1-5-6(2,3)4;1-2;/h1-3H3;1-4H3;2H,1H3;1H4. The van der Waals surface area contributed by atoms with Gasteiger partial charge in [0.2, 0.25) is 8.32 Å². The molecule has 21 heavy (non-hydrogen) atoms. The Morgan fingerprint density at radius 1 is 0.905 bits per heavy atom. The van der Waals surface area contributed by atoms with E-state index in [0.717, 1.165) is 7.11 Å². The number of alkyl halides is 3. The van der Waals surface area contributed by atoms with Gasteiger partial charge in [0.25, 0.3) is 0 Å². The minimum Gasteiger partial charge on any atom is -0.421 e. The minimum absolute atomic E-state index is 0. The van der Waals surface area contributed by atoms with Crippen LogP contribution in [0.1, 0.15) is 7.43 Å². The van der Waals surface area contributed by atoms with Crippen LogP contribution < -0.4 is 0 Å². The summed E-state index contributed by atoms with van der Waals surface area (Å²) in [5.74, 6) is 0. The average molecular weight is 375 g/mol. The Kier molecular flexibility index (Phi) is 14.9. The molecule has 0 rings (SSSR count). The van der Waals surface area contributed by atoms with Gasteiger partial charge < -0.3 is 13.4 Å². The molecule has 0 aliphatic heterocycles. The Bertz CT molecular complexity index is 345. The van der Waals surface area contributed by atoms with Crippen molar-refractivity contribution in [1.29, 1.82) is 0 Å². The first-order valence-corrected chi connectivity index (χ1v) is 13.8. The summed E-state index contributed by atoms with van der Waals surface area (Å²) in [6.07, 6.45) is 0. The van der Waals surface area contributed by atoms with E-state index in [4.69, 9.17) is 9.53 Å². The lowest BCUT2D eigenvalue weighted by molar-refractivity contribution is -0.0503. The quantitative estimate of drug-likeness (QED) is 0.605. The summed E-state index contributed by atoms with van der Waals surface area (Å²) in [6.45, 7) is 10.6. The van der Waals surface area contributed by atoms with E-state index in [-0.39, 0.29) is 7.43 Å². The lowest BCUT2D eigenvalue weighted by Crippen LogP contribution is -2.36. The van der Waals surface area contributed by atoms with Gasteiger partial charge in [0, 0.05) is 14.2 Å². The first-order chi connectivity index (χ1) is 8.52. The SMILES string of the molecule is C.CO.CO[Si](C)(C)C.C[Si](C)(C)OS(=O)(=O)C(F)(F)F. The van der Waals surface area contributed by atoms with Gasteiger partial charge in [0.15, 0.2) is 8.32 Å². The van der Waals surface area contributed by atoms with Crippen molar-refractivity contribution in [3.63, 3.8) is 0 Å². The highest BCUT2D eigenvalue weighted by Gasteiger charge is 2.49. The number of aliphatic hydroxyl groups excluding tert-OH is 1. The molecule has 0 fully saturated rings. The zero-order chi connectivity index (χ0) is 17.4. The Morgan fingerprint density at radius 2 is 1.14 bits per heavy atom. The van der Waals surface area contributed by atoms with E-state index in [1.807, 2.05) is 0 Å². The molecular weight excluding hydrogens is 345 g/mol. The molecule has 11 heteroatoms. The third-order valence-electron chi connectivity index (χ3n) is 1.26. The van der Waals surface area contributed by atoms with Crippen molar-refractivity contribution in [2.45, 2.75) is 52.2 Å². The summed E-state index contributed by atoms with van der Waals surface area (Å²) >= 11 is 0. The third kappa shape index (κ3) is 20.1. The molecule has 0 saturated heterocycles. The number of rotatable bonds is 3. The van der Waals surface area contributed by atoms with Gasteiger partial charge in [-0.15, -0.1) is 0 Å². The fourth-order valence-corrected chi connectivity index (χ4v) is 3.39. The molecule has 0 atom stereocenters. The molecule has 0 amide bonds. The molecule has 0 heterocycles. The molecule has 0 aliphatic carbocycles.